The number of hydrogen-bond acceptors (Lipinski definition) is 2. The number of rotatable bonds is 2. The molecule has 1 aromatic carbocycles. The first-order chi connectivity index (χ1) is 8.04. The molecule has 2 aromatic rings. The Bertz CT molecular complexity index is 563. The van der Waals surface area contributed by atoms with E-state index >= 15 is 0 Å². The Morgan fingerprint density at radius 3 is 2.53 bits per heavy atom. The Morgan fingerprint density at radius 2 is 1.88 bits per heavy atom. The largest absolute Gasteiger partial charge is 0.358 e. The normalized spacial score (nSPS) is 10.6. The summed E-state index contributed by atoms with van der Waals surface area (Å²) in [4.78, 5) is 4.07. The smallest absolute Gasteiger partial charge is 0.207 e. The highest BCUT2D eigenvalue weighted by Gasteiger charge is 2.16. The van der Waals surface area contributed by atoms with Crippen molar-refractivity contribution in [3.63, 3.8) is 0 Å². The van der Waals surface area contributed by atoms with E-state index in [1.165, 1.54) is 10.8 Å². The predicted molar refractivity (Wildman–Crippen MR) is 57.7 cm³/mol. The van der Waals surface area contributed by atoms with E-state index in [1.54, 1.807) is 14.0 Å². The van der Waals surface area contributed by atoms with Gasteiger partial charge in [0.1, 0.15) is 0 Å². The lowest BCUT2D eigenvalue weighted by molar-refractivity contribution is 0.445. The Hall–Kier alpha value is -1.98. The molecule has 0 saturated heterocycles. The molecular formula is C11H10F3N3. The molecule has 0 aliphatic carbocycles. The van der Waals surface area contributed by atoms with Crippen LogP contribution in [0.1, 0.15) is 5.69 Å². The van der Waals surface area contributed by atoms with Gasteiger partial charge in [0, 0.05) is 13.2 Å². The Labute approximate surface area is 95.9 Å². The summed E-state index contributed by atoms with van der Waals surface area (Å²) in [7, 11) is 1.61. The standard InChI is InChI=1S/C11H10F3N3/c1-6-5-17(11(15-2)16-6)8-4-3-7(12)9(13)10(8)14/h3-5H,1-2H3,(H,15,16). The van der Waals surface area contributed by atoms with Crippen molar-refractivity contribution in [2.45, 2.75) is 6.92 Å². The SMILES string of the molecule is CNc1nc(C)cn1-c1ccc(F)c(F)c1F. The fourth-order valence-corrected chi connectivity index (χ4v) is 1.56. The number of benzene rings is 1. The molecule has 1 N–H and O–H groups in total. The molecule has 0 unspecified atom stereocenters. The molecule has 0 amide bonds. The van der Waals surface area contributed by atoms with Crippen molar-refractivity contribution in [1.82, 2.24) is 9.55 Å². The first kappa shape index (κ1) is 11.5. The number of halogens is 3. The highest BCUT2D eigenvalue weighted by atomic mass is 19.2. The highest BCUT2D eigenvalue weighted by Crippen LogP contribution is 2.22. The van der Waals surface area contributed by atoms with Gasteiger partial charge in [-0.3, -0.25) is 4.57 Å². The second kappa shape index (κ2) is 4.12. The third-order valence-electron chi connectivity index (χ3n) is 2.32. The summed E-state index contributed by atoms with van der Waals surface area (Å²) in [5, 5.41) is 2.75. The van der Waals surface area contributed by atoms with Crippen LogP contribution in [0.4, 0.5) is 19.1 Å². The number of nitrogens with one attached hydrogen (secondary N) is 1. The Morgan fingerprint density at radius 1 is 1.18 bits per heavy atom. The number of nitrogens with zero attached hydrogens (tertiary/aromatic N) is 2. The first-order valence-electron chi connectivity index (χ1n) is 4.92. The van der Waals surface area contributed by atoms with Gasteiger partial charge in [0.25, 0.3) is 0 Å². The van der Waals surface area contributed by atoms with Crippen molar-refractivity contribution in [2.24, 2.45) is 0 Å². The van der Waals surface area contributed by atoms with Crippen molar-refractivity contribution in [3.05, 3.63) is 41.5 Å². The molecule has 1 aromatic heterocycles. The van der Waals surface area contributed by atoms with Crippen LogP contribution < -0.4 is 5.32 Å². The van der Waals surface area contributed by atoms with Gasteiger partial charge in [-0.25, -0.2) is 18.2 Å². The number of anilines is 1. The zero-order valence-corrected chi connectivity index (χ0v) is 9.26. The van der Waals surface area contributed by atoms with Crippen molar-refractivity contribution in [1.29, 1.82) is 0 Å². The van der Waals surface area contributed by atoms with Crippen LogP contribution in [0.2, 0.25) is 0 Å². The molecule has 0 aliphatic heterocycles. The maximum absolute atomic E-state index is 13.6. The minimum absolute atomic E-state index is 0.0890. The Balaban J connectivity index is 2.64. The van der Waals surface area contributed by atoms with Crippen LogP contribution in [0.3, 0.4) is 0 Å². The minimum Gasteiger partial charge on any atom is -0.358 e. The van der Waals surface area contributed by atoms with E-state index < -0.39 is 17.5 Å². The van der Waals surface area contributed by atoms with Gasteiger partial charge >= 0.3 is 0 Å². The van der Waals surface area contributed by atoms with Crippen LogP contribution >= 0.6 is 0 Å². The van der Waals surface area contributed by atoms with E-state index in [1.807, 2.05) is 0 Å². The molecule has 6 heteroatoms. The van der Waals surface area contributed by atoms with Gasteiger partial charge in [0.15, 0.2) is 17.5 Å². The quantitative estimate of drug-likeness (QED) is 0.819. The average Bonchev–Trinajstić information content (AvgIpc) is 2.67. The summed E-state index contributed by atoms with van der Waals surface area (Å²) >= 11 is 0. The van der Waals surface area contributed by atoms with Crippen LogP contribution in [0.5, 0.6) is 0 Å². The van der Waals surface area contributed by atoms with Crippen molar-refractivity contribution in [3.8, 4) is 5.69 Å². The molecule has 0 saturated carbocycles. The molecule has 17 heavy (non-hydrogen) atoms. The summed E-state index contributed by atoms with van der Waals surface area (Å²) in [5.41, 5.74) is 0.548. The van der Waals surface area contributed by atoms with Crippen molar-refractivity contribution < 1.29 is 13.2 Å². The summed E-state index contributed by atoms with van der Waals surface area (Å²) in [6.07, 6.45) is 1.53. The fourth-order valence-electron chi connectivity index (χ4n) is 1.56. The van der Waals surface area contributed by atoms with Crippen molar-refractivity contribution in [2.75, 3.05) is 12.4 Å². The van der Waals surface area contributed by atoms with E-state index in [0.717, 1.165) is 12.1 Å². The fraction of sp³-hybridized carbons (Fsp3) is 0.182. The molecule has 1 heterocycles. The zero-order chi connectivity index (χ0) is 12.6. The van der Waals surface area contributed by atoms with E-state index in [9.17, 15) is 13.2 Å². The van der Waals surface area contributed by atoms with E-state index in [-0.39, 0.29) is 5.69 Å². The number of hydrogen-bond donors (Lipinski definition) is 1. The summed E-state index contributed by atoms with van der Waals surface area (Å²) in [5.74, 6) is -3.59. The molecule has 0 aliphatic rings. The third kappa shape index (κ3) is 1.86. The molecule has 0 radical (unpaired) electrons. The number of imidazole rings is 1. The molecule has 0 bridgehead atoms. The van der Waals surface area contributed by atoms with Crippen LogP contribution in [0.25, 0.3) is 5.69 Å². The molecule has 2 rings (SSSR count). The van der Waals surface area contributed by atoms with Crippen molar-refractivity contribution >= 4 is 5.95 Å². The van der Waals surface area contributed by atoms with E-state index in [2.05, 4.69) is 10.3 Å². The summed E-state index contributed by atoms with van der Waals surface area (Å²) in [6.45, 7) is 1.72. The van der Waals surface area contributed by atoms with Gasteiger partial charge in [-0.15, -0.1) is 0 Å². The average molecular weight is 241 g/mol. The first-order valence-corrected chi connectivity index (χ1v) is 4.92. The molecule has 3 nitrogen and oxygen atoms in total. The van der Waals surface area contributed by atoms with Gasteiger partial charge in [-0.2, -0.15) is 0 Å². The van der Waals surface area contributed by atoms with E-state index in [4.69, 9.17) is 0 Å². The van der Waals surface area contributed by atoms with Gasteiger partial charge in [-0.1, -0.05) is 0 Å². The van der Waals surface area contributed by atoms with Gasteiger partial charge < -0.3 is 5.32 Å². The Kier molecular flexibility index (Phi) is 2.79. The van der Waals surface area contributed by atoms with Crippen LogP contribution in [-0.2, 0) is 0 Å². The van der Waals surface area contributed by atoms with E-state index in [0.29, 0.717) is 11.6 Å². The summed E-state index contributed by atoms with van der Waals surface area (Å²) in [6, 6.07) is 2.04. The molecule has 0 atom stereocenters. The van der Waals surface area contributed by atoms with Crippen LogP contribution in [0.15, 0.2) is 18.3 Å². The molecule has 90 valence electrons. The topological polar surface area (TPSA) is 29.9 Å². The maximum Gasteiger partial charge on any atom is 0.207 e. The summed E-state index contributed by atoms with van der Waals surface area (Å²) < 4.78 is 40.8. The van der Waals surface area contributed by atoms with Gasteiger partial charge in [0.05, 0.1) is 11.4 Å². The lowest BCUT2D eigenvalue weighted by atomic mass is 10.3. The second-order valence-electron chi connectivity index (χ2n) is 3.52. The predicted octanol–water partition coefficient (Wildman–Crippen LogP) is 2.64. The van der Waals surface area contributed by atoms with Crippen LogP contribution in [-0.4, -0.2) is 16.6 Å². The second-order valence-corrected chi connectivity index (χ2v) is 3.52. The maximum atomic E-state index is 13.6. The molecule has 0 spiro atoms. The lowest BCUT2D eigenvalue weighted by Gasteiger charge is -2.08. The van der Waals surface area contributed by atoms with Crippen LogP contribution in [0, 0.1) is 24.4 Å². The third-order valence-corrected chi connectivity index (χ3v) is 2.32. The minimum atomic E-state index is -1.49. The lowest BCUT2D eigenvalue weighted by Crippen LogP contribution is -2.05. The zero-order valence-electron chi connectivity index (χ0n) is 9.26. The number of aromatic nitrogens is 2. The van der Waals surface area contributed by atoms with Gasteiger partial charge in [-0.05, 0) is 19.1 Å². The molecular weight excluding hydrogens is 231 g/mol. The highest BCUT2D eigenvalue weighted by molar-refractivity contribution is 5.44. The monoisotopic (exact) mass is 241 g/mol. The number of aryl methyl sites for hydroxylation is 1. The molecule has 0 fully saturated rings. The van der Waals surface area contributed by atoms with Gasteiger partial charge in [0.2, 0.25) is 5.95 Å².